The number of rotatable bonds is 4. The van der Waals surface area contributed by atoms with Crippen LogP contribution >= 0.6 is 11.3 Å². The molecule has 1 aliphatic heterocycles. The molecule has 2 heterocycles. The fraction of sp³-hybridized carbons (Fsp3) is 0.200. The number of terminal acetylenes is 1. The zero-order valence-electron chi connectivity index (χ0n) is 15.2. The second kappa shape index (κ2) is 7.29. The summed E-state index contributed by atoms with van der Waals surface area (Å²) in [6.45, 7) is 0.444. The molecule has 142 valence electrons. The zero-order valence-corrected chi connectivity index (χ0v) is 16.0. The molecule has 4 rings (SSSR count). The van der Waals surface area contributed by atoms with Gasteiger partial charge in [0.15, 0.2) is 16.3 Å². The van der Waals surface area contributed by atoms with E-state index in [2.05, 4.69) is 10.9 Å². The van der Waals surface area contributed by atoms with Crippen molar-refractivity contribution in [3.05, 3.63) is 40.7 Å². The molecule has 1 aliphatic rings. The molecule has 0 radical (unpaired) electrons. The van der Waals surface area contributed by atoms with E-state index in [-0.39, 0.29) is 18.9 Å². The quantitative estimate of drug-likeness (QED) is 0.634. The molecule has 3 aromatic rings. The van der Waals surface area contributed by atoms with Crippen LogP contribution in [0, 0.1) is 12.3 Å². The molecule has 0 aliphatic carbocycles. The minimum absolute atomic E-state index is 0.186. The van der Waals surface area contributed by atoms with Crippen LogP contribution in [0.4, 0.5) is 0 Å². The number of thiazole rings is 1. The molecule has 0 bridgehead atoms. The lowest BCUT2D eigenvalue weighted by Gasteiger charge is -2.09. The first-order valence-electron chi connectivity index (χ1n) is 8.32. The van der Waals surface area contributed by atoms with Crippen LogP contribution in [-0.2, 0) is 6.54 Å². The van der Waals surface area contributed by atoms with E-state index in [0.717, 1.165) is 10.2 Å². The number of amides is 1. The molecule has 28 heavy (non-hydrogen) atoms. The smallest absolute Gasteiger partial charge is 0.287 e. The van der Waals surface area contributed by atoms with Gasteiger partial charge < -0.3 is 23.5 Å². The number of hydrogen-bond acceptors (Lipinski definition) is 6. The molecule has 0 atom stereocenters. The maximum atomic E-state index is 13.0. The van der Waals surface area contributed by atoms with Crippen molar-refractivity contribution in [2.24, 2.45) is 4.99 Å². The van der Waals surface area contributed by atoms with Crippen LogP contribution in [0.2, 0.25) is 0 Å². The Hall–Kier alpha value is -3.44. The topological polar surface area (TPSA) is 71.3 Å². The van der Waals surface area contributed by atoms with Crippen molar-refractivity contribution in [1.29, 1.82) is 0 Å². The molecular weight excluding hydrogens is 380 g/mol. The number of nitrogens with zero attached hydrogens (tertiary/aromatic N) is 2. The van der Waals surface area contributed by atoms with Crippen LogP contribution < -0.4 is 23.7 Å². The van der Waals surface area contributed by atoms with Gasteiger partial charge in [-0.1, -0.05) is 23.3 Å². The fourth-order valence-corrected chi connectivity index (χ4v) is 4.03. The Balaban J connectivity index is 1.90. The fourth-order valence-electron chi connectivity index (χ4n) is 2.99. The van der Waals surface area contributed by atoms with E-state index in [1.54, 1.807) is 22.8 Å². The van der Waals surface area contributed by atoms with E-state index in [1.165, 1.54) is 25.6 Å². The highest BCUT2D eigenvalue weighted by Gasteiger charge is 2.20. The monoisotopic (exact) mass is 396 g/mol. The first kappa shape index (κ1) is 17.9. The van der Waals surface area contributed by atoms with Gasteiger partial charge in [-0.2, -0.15) is 4.99 Å². The maximum Gasteiger partial charge on any atom is 0.287 e. The van der Waals surface area contributed by atoms with Crippen molar-refractivity contribution in [3.63, 3.8) is 0 Å². The second-order valence-electron chi connectivity index (χ2n) is 5.80. The summed E-state index contributed by atoms with van der Waals surface area (Å²) in [6, 6.07) is 8.82. The highest BCUT2D eigenvalue weighted by molar-refractivity contribution is 7.16. The van der Waals surface area contributed by atoms with Crippen LogP contribution in [0.3, 0.4) is 0 Å². The standard InChI is InChI=1S/C20H16N2O5S/c1-4-8-22-12-9-15-16(27-11-26-15)10-17(12)28-20(22)21-19(23)18-13(24-2)6-5-7-14(18)25-3/h1,5-7,9-10H,8,11H2,2-3H3. The number of methoxy groups -OCH3 is 2. The number of fused-ring (bicyclic) bond motifs is 2. The van der Waals surface area contributed by atoms with E-state index in [4.69, 9.17) is 25.4 Å². The van der Waals surface area contributed by atoms with Gasteiger partial charge in [0.2, 0.25) is 6.79 Å². The van der Waals surface area contributed by atoms with E-state index in [1.807, 2.05) is 12.1 Å². The third kappa shape index (κ3) is 2.96. The zero-order chi connectivity index (χ0) is 19.7. The average molecular weight is 396 g/mol. The normalized spacial score (nSPS) is 12.8. The SMILES string of the molecule is C#CCn1c(=NC(=O)c2c(OC)cccc2OC)sc2cc3c(cc21)OCO3. The Labute approximate surface area is 164 Å². The number of ether oxygens (including phenoxy) is 4. The summed E-state index contributed by atoms with van der Waals surface area (Å²) in [5.74, 6) is 4.20. The summed E-state index contributed by atoms with van der Waals surface area (Å²) in [5.41, 5.74) is 1.08. The molecule has 0 saturated carbocycles. The van der Waals surface area contributed by atoms with Gasteiger partial charge in [-0.05, 0) is 12.1 Å². The van der Waals surface area contributed by atoms with Gasteiger partial charge in [-0.3, -0.25) is 4.79 Å². The summed E-state index contributed by atoms with van der Waals surface area (Å²) in [4.78, 5) is 17.8. The van der Waals surface area contributed by atoms with Gasteiger partial charge in [-0.15, -0.1) is 6.42 Å². The number of aromatic nitrogens is 1. The summed E-state index contributed by atoms with van der Waals surface area (Å²) in [7, 11) is 2.98. The molecule has 0 fully saturated rings. The molecule has 8 heteroatoms. The lowest BCUT2D eigenvalue weighted by atomic mass is 10.1. The van der Waals surface area contributed by atoms with Crippen molar-refractivity contribution in [3.8, 4) is 35.3 Å². The Kier molecular flexibility index (Phi) is 4.67. The molecule has 2 aromatic carbocycles. The highest BCUT2D eigenvalue weighted by atomic mass is 32.1. The molecule has 0 spiro atoms. The van der Waals surface area contributed by atoms with E-state index >= 15 is 0 Å². The van der Waals surface area contributed by atoms with E-state index in [9.17, 15) is 4.79 Å². The first-order chi connectivity index (χ1) is 13.7. The van der Waals surface area contributed by atoms with Gasteiger partial charge in [-0.25, -0.2) is 0 Å². The van der Waals surface area contributed by atoms with Crippen LogP contribution in [0.5, 0.6) is 23.0 Å². The van der Waals surface area contributed by atoms with Gasteiger partial charge in [0.25, 0.3) is 5.91 Å². The molecule has 0 saturated heterocycles. The molecule has 7 nitrogen and oxygen atoms in total. The van der Waals surface area contributed by atoms with Crippen molar-refractivity contribution < 1.29 is 23.7 Å². The summed E-state index contributed by atoms with van der Waals surface area (Å²) >= 11 is 1.34. The largest absolute Gasteiger partial charge is 0.496 e. The van der Waals surface area contributed by atoms with Gasteiger partial charge in [0.1, 0.15) is 17.1 Å². The van der Waals surface area contributed by atoms with Crippen LogP contribution in [0.15, 0.2) is 35.3 Å². The molecule has 1 aromatic heterocycles. The average Bonchev–Trinajstić information content (AvgIpc) is 3.29. The van der Waals surface area contributed by atoms with Crippen molar-refractivity contribution in [2.45, 2.75) is 6.54 Å². The second-order valence-corrected chi connectivity index (χ2v) is 6.81. The molecule has 0 N–H and O–H groups in total. The predicted octanol–water partition coefficient (Wildman–Crippen LogP) is 2.82. The Bertz CT molecular complexity index is 1160. The van der Waals surface area contributed by atoms with Crippen molar-refractivity contribution in [2.75, 3.05) is 21.0 Å². The number of carbonyl (C=O) groups is 1. The minimum atomic E-state index is -0.480. The number of benzene rings is 2. The Morgan fingerprint density at radius 2 is 1.93 bits per heavy atom. The lowest BCUT2D eigenvalue weighted by molar-refractivity contribution is 0.0992. The Morgan fingerprint density at radius 1 is 1.25 bits per heavy atom. The number of hydrogen-bond donors (Lipinski definition) is 0. The molecule has 0 unspecified atom stereocenters. The van der Waals surface area contributed by atoms with Crippen molar-refractivity contribution >= 4 is 27.5 Å². The van der Waals surface area contributed by atoms with E-state index < -0.39 is 5.91 Å². The minimum Gasteiger partial charge on any atom is -0.496 e. The summed E-state index contributed by atoms with van der Waals surface area (Å²) < 4.78 is 24.2. The van der Waals surface area contributed by atoms with Crippen LogP contribution in [0.25, 0.3) is 10.2 Å². The number of carbonyl (C=O) groups excluding carboxylic acids is 1. The Morgan fingerprint density at radius 3 is 2.57 bits per heavy atom. The van der Waals surface area contributed by atoms with Crippen LogP contribution in [-0.4, -0.2) is 31.5 Å². The highest BCUT2D eigenvalue weighted by Crippen LogP contribution is 2.37. The summed E-state index contributed by atoms with van der Waals surface area (Å²) in [5, 5.41) is 0. The maximum absolute atomic E-state index is 13.0. The predicted molar refractivity (Wildman–Crippen MR) is 104 cm³/mol. The van der Waals surface area contributed by atoms with E-state index in [0.29, 0.717) is 27.8 Å². The van der Waals surface area contributed by atoms with Crippen molar-refractivity contribution in [1.82, 2.24) is 4.57 Å². The first-order valence-corrected chi connectivity index (χ1v) is 9.14. The third-order valence-electron chi connectivity index (χ3n) is 4.27. The summed E-state index contributed by atoms with van der Waals surface area (Å²) in [6.07, 6.45) is 5.54. The molecule has 1 amide bonds. The van der Waals surface area contributed by atoms with Gasteiger partial charge in [0, 0.05) is 12.1 Å². The molecular formula is C20H16N2O5S. The third-order valence-corrected chi connectivity index (χ3v) is 5.31. The van der Waals surface area contributed by atoms with Crippen LogP contribution in [0.1, 0.15) is 10.4 Å². The van der Waals surface area contributed by atoms with Gasteiger partial charge in [0.05, 0.1) is 31.0 Å². The lowest BCUT2D eigenvalue weighted by Crippen LogP contribution is -2.17. The van der Waals surface area contributed by atoms with Gasteiger partial charge >= 0.3 is 0 Å².